The van der Waals surface area contributed by atoms with Gasteiger partial charge in [0.1, 0.15) is 0 Å². The topological polar surface area (TPSA) is 32.3 Å². The van der Waals surface area contributed by atoms with Crippen molar-refractivity contribution >= 4 is 5.91 Å². The fourth-order valence-electron chi connectivity index (χ4n) is 2.84. The monoisotopic (exact) mass is 224 g/mol. The molecule has 2 unspecified atom stereocenters. The normalized spacial score (nSPS) is 30.3. The molecule has 16 heavy (non-hydrogen) atoms. The number of hydrogen-bond acceptors (Lipinski definition) is 2. The Morgan fingerprint density at radius 3 is 2.81 bits per heavy atom. The van der Waals surface area contributed by atoms with Crippen LogP contribution in [0.2, 0.25) is 0 Å². The van der Waals surface area contributed by atoms with Crippen LogP contribution in [0, 0.1) is 11.3 Å². The summed E-state index contributed by atoms with van der Waals surface area (Å²) in [5.74, 6) is 1.05. The van der Waals surface area contributed by atoms with Crippen LogP contribution >= 0.6 is 0 Å². The zero-order valence-corrected chi connectivity index (χ0v) is 10.8. The van der Waals surface area contributed by atoms with Crippen LogP contribution < -0.4 is 5.32 Å². The molecule has 2 fully saturated rings. The standard InChI is InChI=1S/C13H24N2O/c1-13(2,3)8-12(16)15-7-5-11-10(9-15)4-6-14-11/h10-11,14H,4-9H2,1-3H3. The van der Waals surface area contributed by atoms with E-state index in [1.807, 2.05) is 0 Å². The van der Waals surface area contributed by atoms with Crippen molar-refractivity contribution in [2.45, 2.75) is 46.1 Å². The quantitative estimate of drug-likeness (QED) is 0.734. The van der Waals surface area contributed by atoms with Crippen LogP contribution in [0.1, 0.15) is 40.0 Å². The molecule has 2 atom stereocenters. The van der Waals surface area contributed by atoms with E-state index in [9.17, 15) is 4.79 Å². The number of piperidine rings is 1. The SMILES string of the molecule is CC(C)(C)CC(=O)N1CCC2NCCC2C1. The summed E-state index contributed by atoms with van der Waals surface area (Å²) in [4.78, 5) is 14.2. The lowest BCUT2D eigenvalue weighted by molar-refractivity contribution is -0.135. The van der Waals surface area contributed by atoms with Gasteiger partial charge in [0.15, 0.2) is 0 Å². The molecule has 2 heterocycles. The summed E-state index contributed by atoms with van der Waals surface area (Å²) in [5.41, 5.74) is 0.113. The molecule has 2 aliphatic rings. The van der Waals surface area contributed by atoms with Crippen molar-refractivity contribution in [2.75, 3.05) is 19.6 Å². The van der Waals surface area contributed by atoms with Crippen LogP contribution in [0.4, 0.5) is 0 Å². The number of hydrogen-bond donors (Lipinski definition) is 1. The van der Waals surface area contributed by atoms with Crippen LogP contribution in [-0.2, 0) is 4.79 Å². The second kappa shape index (κ2) is 4.36. The Hall–Kier alpha value is -0.570. The molecule has 0 radical (unpaired) electrons. The van der Waals surface area contributed by atoms with Gasteiger partial charge in [-0.05, 0) is 30.7 Å². The fourth-order valence-corrected chi connectivity index (χ4v) is 2.84. The predicted octanol–water partition coefficient (Wildman–Crippen LogP) is 1.63. The highest BCUT2D eigenvalue weighted by Crippen LogP contribution is 2.27. The summed E-state index contributed by atoms with van der Waals surface area (Å²) < 4.78 is 0. The second-order valence-electron chi connectivity index (χ2n) is 6.48. The number of likely N-dealkylation sites (tertiary alicyclic amines) is 1. The van der Waals surface area contributed by atoms with Gasteiger partial charge in [0.2, 0.25) is 5.91 Å². The highest BCUT2D eigenvalue weighted by Gasteiger charge is 2.34. The number of rotatable bonds is 1. The summed E-state index contributed by atoms with van der Waals surface area (Å²) in [7, 11) is 0. The largest absolute Gasteiger partial charge is 0.342 e. The molecule has 2 saturated heterocycles. The maximum absolute atomic E-state index is 12.1. The first-order chi connectivity index (χ1) is 7.46. The molecule has 3 heteroatoms. The Morgan fingerprint density at radius 1 is 1.38 bits per heavy atom. The minimum absolute atomic E-state index is 0.113. The molecule has 0 saturated carbocycles. The first kappa shape index (κ1) is 11.9. The van der Waals surface area contributed by atoms with E-state index in [-0.39, 0.29) is 5.41 Å². The van der Waals surface area contributed by atoms with Crippen molar-refractivity contribution in [1.29, 1.82) is 0 Å². The van der Waals surface area contributed by atoms with Gasteiger partial charge in [-0.15, -0.1) is 0 Å². The lowest BCUT2D eigenvalue weighted by Crippen LogP contribution is -2.47. The molecule has 2 aliphatic heterocycles. The molecule has 0 aliphatic carbocycles. The van der Waals surface area contributed by atoms with E-state index >= 15 is 0 Å². The Balaban J connectivity index is 1.89. The zero-order valence-electron chi connectivity index (χ0n) is 10.8. The van der Waals surface area contributed by atoms with E-state index in [0.29, 0.717) is 24.3 Å². The molecule has 92 valence electrons. The lowest BCUT2D eigenvalue weighted by atomic mass is 9.89. The molecular weight excluding hydrogens is 200 g/mol. The Bertz CT molecular complexity index is 270. The van der Waals surface area contributed by atoms with Crippen molar-refractivity contribution in [2.24, 2.45) is 11.3 Å². The highest BCUT2D eigenvalue weighted by molar-refractivity contribution is 5.77. The van der Waals surface area contributed by atoms with Crippen LogP contribution in [0.5, 0.6) is 0 Å². The summed E-state index contributed by atoms with van der Waals surface area (Å²) in [5, 5.41) is 3.53. The molecule has 0 aromatic heterocycles. The molecule has 1 amide bonds. The van der Waals surface area contributed by atoms with Gasteiger partial charge in [-0.25, -0.2) is 0 Å². The van der Waals surface area contributed by atoms with Crippen molar-refractivity contribution in [3.05, 3.63) is 0 Å². The highest BCUT2D eigenvalue weighted by atomic mass is 16.2. The van der Waals surface area contributed by atoms with Gasteiger partial charge >= 0.3 is 0 Å². The van der Waals surface area contributed by atoms with Gasteiger partial charge in [0, 0.05) is 25.6 Å². The van der Waals surface area contributed by atoms with E-state index in [1.54, 1.807) is 0 Å². The van der Waals surface area contributed by atoms with E-state index < -0.39 is 0 Å². The van der Waals surface area contributed by atoms with Crippen molar-refractivity contribution in [3.63, 3.8) is 0 Å². The number of nitrogens with zero attached hydrogens (tertiary/aromatic N) is 1. The first-order valence-electron chi connectivity index (χ1n) is 6.47. The molecule has 0 aromatic rings. The van der Waals surface area contributed by atoms with E-state index in [4.69, 9.17) is 0 Å². The third kappa shape index (κ3) is 2.76. The molecule has 0 aromatic carbocycles. The van der Waals surface area contributed by atoms with Crippen molar-refractivity contribution < 1.29 is 4.79 Å². The molecule has 2 rings (SSSR count). The van der Waals surface area contributed by atoms with Crippen LogP contribution in [0.15, 0.2) is 0 Å². The van der Waals surface area contributed by atoms with Crippen LogP contribution in [-0.4, -0.2) is 36.5 Å². The van der Waals surface area contributed by atoms with Crippen molar-refractivity contribution in [1.82, 2.24) is 10.2 Å². The van der Waals surface area contributed by atoms with Gasteiger partial charge in [-0.3, -0.25) is 4.79 Å². The Kier molecular flexibility index (Phi) is 3.24. The van der Waals surface area contributed by atoms with Crippen LogP contribution in [0.3, 0.4) is 0 Å². The molecular formula is C13H24N2O. The van der Waals surface area contributed by atoms with E-state index in [2.05, 4.69) is 31.0 Å². The molecule has 0 spiro atoms. The Labute approximate surface area is 98.6 Å². The Morgan fingerprint density at radius 2 is 2.12 bits per heavy atom. The lowest BCUT2D eigenvalue weighted by Gasteiger charge is -2.36. The average Bonchev–Trinajstić information content (AvgIpc) is 2.61. The number of carbonyl (C=O) groups is 1. The maximum Gasteiger partial charge on any atom is 0.223 e. The minimum atomic E-state index is 0.113. The first-order valence-corrected chi connectivity index (χ1v) is 6.47. The van der Waals surface area contributed by atoms with Gasteiger partial charge in [-0.1, -0.05) is 20.8 Å². The van der Waals surface area contributed by atoms with Gasteiger partial charge < -0.3 is 10.2 Å². The fraction of sp³-hybridized carbons (Fsp3) is 0.923. The third-order valence-corrected chi connectivity index (χ3v) is 3.69. The average molecular weight is 224 g/mol. The van der Waals surface area contributed by atoms with E-state index in [1.165, 1.54) is 6.42 Å². The molecule has 3 nitrogen and oxygen atoms in total. The summed E-state index contributed by atoms with van der Waals surface area (Å²) >= 11 is 0. The molecule has 0 bridgehead atoms. The number of carbonyl (C=O) groups excluding carboxylic acids is 1. The van der Waals surface area contributed by atoms with Gasteiger partial charge in [-0.2, -0.15) is 0 Å². The number of fused-ring (bicyclic) bond motifs is 1. The van der Waals surface area contributed by atoms with Crippen molar-refractivity contribution in [3.8, 4) is 0 Å². The predicted molar refractivity (Wildman–Crippen MR) is 65.2 cm³/mol. The minimum Gasteiger partial charge on any atom is -0.342 e. The smallest absolute Gasteiger partial charge is 0.223 e. The summed E-state index contributed by atoms with van der Waals surface area (Å²) in [6.07, 6.45) is 3.06. The summed E-state index contributed by atoms with van der Waals surface area (Å²) in [6, 6.07) is 0.679. The maximum atomic E-state index is 12.1. The van der Waals surface area contributed by atoms with Crippen LogP contribution in [0.25, 0.3) is 0 Å². The third-order valence-electron chi connectivity index (χ3n) is 3.69. The number of nitrogens with one attached hydrogen (secondary N) is 1. The zero-order chi connectivity index (χ0) is 11.8. The number of amides is 1. The van der Waals surface area contributed by atoms with Gasteiger partial charge in [0.25, 0.3) is 0 Å². The van der Waals surface area contributed by atoms with E-state index in [0.717, 1.165) is 26.1 Å². The molecule has 1 N–H and O–H groups in total. The van der Waals surface area contributed by atoms with Gasteiger partial charge in [0.05, 0.1) is 0 Å². The second-order valence-corrected chi connectivity index (χ2v) is 6.48. The summed E-state index contributed by atoms with van der Waals surface area (Å²) in [6.45, 7) is 9.46.